The van der Waals surface area contributed by atoms with Crippen molar-refractivity contribution >= 4 is 18.2 Å². The first kappa shape index (κ1) is 22.6. The van der Waals surface area contributed by atoms with Crippen LogP contribution in [0.4, 0.5) is 14.0 Å². The van der Waals surface area contributed by atoms with Crippen molar-refractivity contribution in [2.45, 2.75) is 58.0 Å². The third-order valence-corrected chi connectivity index (χ3v) is 5.12. The predicted molar refractivity (Wildman–Crippen MR) is 106 cm³/mol. The Labute approximate surface area is 180 Å². The molecular formula is C21H27FN2O7. The lowest BCUT2D eigenvalue weighted by atomic mass is 10.1. The van der Waals surface area contributed by atoms with E-state index < -0.39 is 41.7 Å². The smallest absolute Gasteiger partial charge is 0.411 e. The minimum absolute atomic E-state index is 0.0105. The second-order valence-corrected chi connectivity index (χ2v) is 8.49. The molecule has 1 fully saturated rings. The second-order valence-electron chi connectivity index (χ2n) is 8.49. The molecular weight excluding hydrogens is 411 g/mol. The lowest BCUT2D eigenvalue weighted by Crippen LogP contribution is -2.44. The number of carbonyl (C=O) groups is 3. The van der Waals surface area contributed by atoms with Crippen molar-refractivity contribution in [3.05, 3.63) is 29.1 Å². The zero-order chi connectivity index (χ0) is 22.9. The van der Waals surface area contributed by atoms with Crippen molar-refractivity contribution in [2.75, 3.05) is 20.8 Å². The largest absolute Gasteiger partial charge is 0.494 e. The summed E-state index contributed by atoms with van der Waals surface area (Å²) in [7, 11) is 2.60. The SMILES string of the molecule is COC(=O)C1C[C@@H](OC(=O)N2Cc3ccc(OC)c(F)c3C2)CN1C(=O)OC(C)(C)C. The highest BCUT2D eigenvalue weighted by Gasteiger charge is 2.44. The third kappa shape index (κ3) is 4.83. The monoisotopic (exact) mass is 438 g/mol. The number of benzene rings is 1. The molecule has 2 aliphatic rings. The Bertz CT molecular complexity index is 883. The molecule has 2 aliphatic heterocycles. The lowest BCUT2D eigenvalue weighted by molar-refractivity contribution is -0.145. The van der Waals surface area contributed by atoms with Gasteiger partial charge < -0.3 is 18.9 Å². The number of likely N-dealkylation sites (tertiary alicyclic amines) is 1. The molecule has 0 saturated carbocycles. The van der Waals surface area contributed by atoms with E-state index in [1.165, 1.54) is 30.1 Å². The van der Waals surface area contributed by atoms with Crippen LogP contribution in [0.25, 0.3) is 0 Å². The average Bonchev–Trinajstić information content (AvgIpc) is 3.31. The molecule has 0 aliphatic carbocycles. The van der Waals surface area contributed by atoms with Gasteiger partial charge in [-0.25, -0.2) is 18.8 Å². The van der Waals surface area contributed by atoms with Crippen LogP contribution in [-0.2, 0) is 32.1 Å². The normalized spacial score (nSPS) is 20.3. The Morgan fingerprint density at radius 2 is 1.81 bits per heavy atom. The number of amides is 2. The minimum atomic E-state index is -0.921. The first-order valence-electron chi connectivity index (χ1n) is 9.91. The van der Waals surface area contributed by atoms with E-state index in [4.69, 9.17) is 18.9 Å². The Balaban J connectivity index is 1.67. The minimum Gasteiger partial charge on any atom is -0.494 e. The van der Waals surface area contributed by atoms with E-state index in [0.29, 0.717) is 11.1 Å². The third-order valence-electron chi connectivity index (χ3n) is 5.12. The summed E-state index contributed by atoms with van der Waals surface area (Å²) < 4.78 is 35.1. The number of nitrogens with zero attached hydrogens (tertiary/aromatic N) is 2. The molecule has 2 atom stereocenters. The molecule has 1 unspecified atom stereocenters. The van der Waals surface area contributed by atoms with Crippen molar-refractivity contribution in [3.63, 3.8) is 0 Å². The summed E-state index contributed by atoms with van der Waals surface area (Å²) in [5.41, 5.74) is 0.300. The topological polar surface area (TPSA) is 94.6 Å². The summed E-state index contributed by atoms with van der Waals surface area (Å²) in [4.78, 5) is 39.9. The summed E-state index contributed by atoms with van der Waals surface area (Å²) in [6.07, 6.45) is -1.99. The number of halogens is 1. The van der Waals surface area contributed by atoms with Crippen molar-refractivity contribution in [2.24, 2.45) is 0 Å². The van der Waals surface area contributed by atoms with Gasteiger partial charge in [-0.15, -0.1) is 0 Å². The van der Waals surface area contributed by atoms with E-state index in [1.807, 2.05) is 0 Å². The fourth-order valence-electron chi connectivity index (χ4n) is 3.68. The highest BCUT2D eigenvalue weighted by atomic mass is 19.1. The summed E-state index contributed by atoms with van der Waals surface area (Å²) in [6.45, 7) is 5.36. The fraction of sp³-hybridized carbons (Fsp3) is 0.571. The van der Waals surface area contributed by atoms with Gasteiger partial charge in [0.15, 0.2) is 11.6 Å². The van der Waals surface area contributed by atoms with E-state index in [9.17, 15) is 18.8 Å². The van der Waals surface area contributed by atoms with E-state index in [1.54, 1.807) is 26.8 Å². The number of ether oxygens (including phenoxy) is 4. The van der Waals surface area contributed by atoms with Crippen molar-refractivity contribution in [1.29, 1.82) is 0 Å². The summed E-state index contributed by atoms with van der Waals surface area (Å²) in [5.74, 6) is -1.01. The maximum atomic E-state index is 14.5. The van der Waals surface area contributed by atoms with Crippen LogP contribution in [0.15, 0.2) is 12.1 Å². The van der Waals surface area contributed by atoms with Gasteiger partial charge in [-0.3, -0.25) is 9.80 Å². The number of fused-ring (bicyclic) bond motifs is 1. The van der Waals surface area contributed by atoms with Crippen LogP contribution >= 0.6 is 0 Å². The molecule has 0 radical (unpaired) electrons. The van der Waals surface area contributed by atoms with Crippen LogP contribution in [0.2, 0.25) is 0 Å². The molecule has 3 rings (SSSR count). The van der Waals surface area contributed by atoms with Crippen LogP contribution in [0.5, 0.6) is 5.75 Å². The molecule has 9 nitrogen and oxygen atoms in total. The van der Waals surface area contributed by atoms with Gasteiger partial charge in [-0.2, -0.15) is 0 Å². The number of rotatable bonds is 3. The van der Waals surface area contributed by atoms with Crippen LogP contribution in [0.1, 0.15) is 38.3 Å². The van der Waals surface area contributed by atoms with E-state index in [-0.39, 0.29) is 31.8 Å². The van der Waals surface area contributed by atoms with Crippen LogP contribution < -0.4 is 4.74 Å². The molecule has 2 heterocycles. The number of carbonyl (C=O) groups excluding carboxylic acids is 3. The van der Waals surface area contributed by atoms with Gasteiger partial charge in [0.05, 0.1) is 27.3 Å². The number of hydrogen-bond donors (Lipinski definition) is 0. The standard InChI is InChI=1S/C21H27FN2O7/c1-21(2,3)31-20(27)24-10-13(8-15(24)18(25)29-5)30-19(26)23-9-12-6-7-16(28-4)17(22)14(12)11-23/h6-7,13,15H,8-11H2,1-5H3/t13-,15?/m1/s1. The Hall–Kier alpha value is -3.04. The molecule has 170 valence electrons. The van der Waals surface area contributed by atoms with Crippen molar-refractivity contribution in [1.82, 2.24) is 9.80 Å². The van der Waals surface area contributed by atoms with Crippen molar-refractivity contribution < 1.29 is 37.7 Å². The fourth-order valence-corrected chi connectivity index (χ4v) is 3.68. The predicted octanol–water partition coefficient (Wildman–Crippen LogP) is 2.84. The molecule has 2 amide bonds. The molecule has 0 spiro atoms. The highest BCUT2D eigenvalue weighted by molar-refractivity contribution is 5.82. The maximum Gasteiger partial charge on any atom is 0.411 e. The molecule has 1 aromatic rings. The molecule has 0 aromatic heterocycles. The van der Waals surface area contributed by atoms with E-state index in [2.05, 4.69) is 0 Å². The summed E-state index contributed by atoms with van der Waals surface area (Å²) in [6, 6.07) is 2.30. The van der Waals surface area contributed by atoms with Crippen LogP contribution in [0, 0.1) is 5.82 Å². The van der Waals surface area contributed by atoms with Gasteiger partial charge in [0.1, 0.15) is 17.7 Å². The summed E-state index contributed by atoms with van der Waals surface area (Å²) >= 11 is 0. The first-order valence-corrected chi connectivity index (χ1v) is 9.91. The first-order chi connectivity index (χ1) is 14.5. The maximum absolute atomic E-state index is 14.5. The van der Waals surface area contributed by atoms with Crippen LogP contribution in [0.3, 0.4) is 0 Å². The van der Waals surface area contributed by atoms with Gasteiger partial charge in [0.2, 0.25) is 0 Å². The van der Waals surface area contributed by atoms with Gasteiger partial charge in [0.25, 0.3) is 0 Å². The Kier molecular flexibility index (Phi) is 6.28. The molecule has 1 aromatic carbocycles. The molecule has 31 heavy (non-hydrogen) atoms. The number of methoxy groups -OCH3 is 2. The van der Waals surface area contributed by atoms with E-state index >= 15 is 0 Å². The van der Waals surface area contributed by atoms with Crippen molar-refractivity contribution in [3.8, 4) is 5.75 Å². The Morgan fingerprint density at radius 1 is 1.10 bits per heavy atom. The Morgan fingerprint density at radius 3 is 2.42 bits per heavy atom. The number of esters is 1. The molecule has 0 N–H and O–H groups in total. The van der Waals surface area contributed by atoms with E-state index in [0.717, 1.165) is 0 Å². The van der Waals surface area contributed by atoms with Crippen LogP contribution in [-0.4, -0.2) is 66.5 Å². The zero-order valence-electron chi connectivity index (χ0n) is 18.3. The average molecular weight is 438 g/mol. The van der Waals surface area contributed by atoms with Gasteiger partial charge in [0, 0.05) is 18.5 Å². The molecule has 0 bridgehead atoms. The number of hydrogen-bond acceptors (Lipinski definition) is 7. The lowest BCUT2D eigenvalue weighted by Gasteiger charge is -2.27. The highest BCUT2D eigenvalue weighted by Crippen LogP contribution is 2.32. The van der Waals surface area contributed by atoms with Gasteiger partial charge in [-0.1, -0.05) is 6.07 Å². The zero-order valence-corrected chi connectivity index (χ0v) is 18.3. The van der Waals surface area contributed by atoms with Gasteiger partial charge >= 0.3 is 18.2 Å². The quantitative estimate of drug-likeness (QED) is 0.529. The van der Waals surface area contributed by atoms with Gasteiger partial charge in [-0.05, 0) is 32.4 Å². The summed E-state index contributed by atoms with van der Waals surface area (Å²) in [5, 5.41) is 0. The molecule has 10 heteroatoms. The second kappa shape index (κ2) is 8.60. The molecule has 1 saturated heterocycles.